The molecule has 0 N–H and O–H groups in total. The lowest BCUT2D eigenvalue weighted by Gasteiger charge is -2.26. The first kappa shape index (κ1) is 23.1. The third kappa shape index (κ3) is 6.05. The topological polar surface area (TPSA) is 48.0 Å². The fourth-order valence-corrected chi connectivity index (χ4v) is 4.29. The molecule has 0 saturated carbocycles. The van der Waals surface area contributed by atoms with Crippen molar-refractivity contribution >= 4 is 16.7 Å². The van der Waals surface area contributed by atoms with Gasteiger partial charge < -0.3 is 14.2 Å². The Balaban J connectivity index is 1.48. The number of fused-ring (bicyclic) bond motifs is 1. The molecule has 5 heteroatoms. The number of hydrogen-bond donors (Lipinski definition) is 0. The van der Waals surface area contributed by atoms with Gasteiger partial charge in [0.05, 0.1) is 0 Å². The maximum Gasteiger partial charge on any atom is 0.308 e. The molecule has 0 amide bonds. The number of hydrogen-bond acceptors (Lipinski definition) is 5. The average Bonchev–Trinajstić information content (AvgIpc) is 2.80. The number of rotatable bonds is 8. The van der Waals surface area contributed by atoms with Crippen LogP contribution in [-0.4, -0.2) is 37.1 Å². The summed E-state index contributed by atoms with van der Waals surface area (Å²) < 4.78 is 17.6. The zero-order chi connectivity index (χ0) is 23.2. The number of benzene rings is 3. The van der Waals surface area contributed by atoms with Crippen LogP contribution in [-0.2, 0) is 4.79 Å². The van der Waals surface area contributed by atoms with Gasteiger partial charge in [-0.1, -0.05) is 32.4 Å². The molecule has 1 fully saturated rings. The van der Waals surface area contributed by atoms with Crippen molar-refractivity contribution in [2.75, 3.05) is 26.2 Å². The molecular formula is C28H33NO4. The van der Waals surface area contributed by atoms with E-state index in [1.165, 1.54) is 39.3 Å². The Kier molecular flexibility index (Phi) is 7.50. The van der Waals surface area contributed by atoms with E-state index < -0.39 is 0 Å². The van der Waals surface area contributed by atoms with E-state index >= 15 is 0 Å². The second-order valence-corrected chi connectivity index (χ2v) is 8.94. The van der Waals surface area contributed by atoms with Gasteiger partial charge in [-0.15, -0.1) is 0 Å². The second-order valence-electron chi connectivity index (χ2n) is 8.94. The molecule has 0 bridgehead atoms. The molecule has 1 aliphatic rings. The lowest BCUT2D eigenvalue weighted by molar-refractivity contribution is -0.131. The normalized spacial score (nSPS) is 14.4. The second kappa shape index (κ2) is 10.7. The zero-order valence-electron chi connectivity index (χ0n) is 19.8. The molecule has 3 aromatic rings. The summed E-state index contributed by atoms with van der Waals surface area (Å²) >= 11 is 0. The molecule has 174 valence electrons. The summed E-state index contributed by atoms with van der Waals surface area (Å²) in [7, 11) is 0. The monoisotopic (exact) mass is 447 g/mol. The van der Waals surface area contributed by atoms with Crippen LogP contribution in [0.4, 0.5) is 0 Å². The van der Waals surface area contributed by atoms with E-state index in [2.05, 4.69) is 24.8 Å². The number of nitrogens with zero attached hydrogens (tertiary/aromatic N) is 1. The minimum Gasteiger partial charge on any atom is -0.492 e. The Labute approximate surface area is 196 Å². The number of carbonyl (C=O) groups is 1. The van der Waals surface area contributed by atoms with Crippen LogP contribution in [0.25, 0.3) is 10.8 Å². The van der Waals surface area contributed by atoms with Crippen LogP contribution in [0, 0.1) is 0 Å². The van der Waals surface area contributed by atoms with Crippen LogP contribution in [0.1, 0.15) is 51.5 Å². The lowest BCUT2D eigenvalue weighted by atomic mass is 9.97. The van der Waals surface area contributed by atoms with E-state index in [0.717, 1.165) is 40.1 Å². The van der Waals surface area contributed by atoms with Crippen molar-refractivity contribution in [1.29, 1.82) is 0 Å². The Morgan fingerprint density at radius 1 is 0.909 bits per heavy atom. The standard InChI is InChI=1S/C28H33NO4/c1-20(2)26-13-7-22-19-25(32-21(3)30)12-14-27(22)28(26)33-24-10-8-23(9-11-24)31-18-17-29-15-5-4-6-16-29/h7-14,19-20H,4-6,15-18H2,1-3H3. The maximum absolute atomic E-state index is 11.3. The molecule has 0 unspecified atom stereocenters. The minimum absolute atomic E-state index is 0.301. The van der Waals surface area contributed by atoms with E-state index in [9.17, 15) is 4.79 Å². The van der Waals surface area contributed by atoms with Crippen LogP contribution >= 0.6 is 0 Å². The fourth-order valence-electron chi connectivity index (χ4n) is 4.29. The minimum atomic E-state index is -0.331. The van der Waals surface area contributed by atoms with Gasteiger partial charge in [0.1, 0.15) is 29.6 Å². The summed E-state index contributed by atoms with van der Waals surface area (Å²) in [5, 5.41) is 1.95. The van der Waals surface area contributed by atoms with Gasteiger partial charge in [0.15, 0.2) is 0 Å². The predicted molar refractivity (Wildman–Crippen MR) is 132 cm³/mol. The molecule has 0 aliphatic carbocycles. The summed E-state index contributed by atoms with van der Waals surface area (Å²) in [5.41, 5.74) is 1.13. The quantitative estimate of drug-likeness (QED) is 0.290. The molecule has 0 atom stereocenters. The van der Waals surface area contributed by atoms with Crippen molar-refractivity contribution in [3.8, 4) is 23.0 Å². The van der Waals surface area contributed by atoms with E-state index in [1.807, 2.05) is 42.5 Å². The SMILES string of the molecule is CC(=O)Oc1ccc2c(Oc3ccc(OCCN4CCCCC4)cc3)c(C(C)C)ccc2c1. The first-order valence-corrected chi connectivity index (χ1v) is 11.9. The Bertz CT molecular complexity index is 1080. The molecule has 4 rings (SSSR count). The largest absolute Gasteiger partial charge is 0.492 e. The molecular weight excluding hydrogens is 414 g/mol. The zero-order valence-corrected chi connectivity index (χ0v) is 19.8. The third-order valence-corrected chi connectivity index (χ3v) is 6.02. The van der Waals surface area contributed by atoms with Crippen LogP contribution < -0.4 is 14.2 Å². The highest BCUT2D eigenvalue weighted by atomic mass is 16.5. The van der Waals surface area contributed by atoms with Gasteiger partial charge in [0.2, 0.25) is 0 Å². The van der Waals surface area contributed by atoms with Crippen LogP contribution in [0.2, 0.25) is 0 Å². The first-order valence-electron chi connectivity index (χ1n) is 11.9. The van der Waals surface area contributed by atoms with Crippen molar-refractivity contribution in [2.24, 2.45) is 0 Å². The molecule has 0 aromatic heterocycles. The predicted octanol–water partition coefficient (Wildman–Crippen LogP) is 6.55. The molecule has 3 aromatic carbocycles. The smallest absolute Gasteiger partial charge is 0.308 e. The summed E-state index contributed by atoms with van der Waals surface area (Å²) in [6.45, 7) is 9.75. The number of likely N-dealkylation sites (tertiary alicyclic amines) is 1. The molecule has 33 heavy (non-hydrogen) atoms. The van der Waals surface area contributed by atoms with Gasteiger partial charge in [0.25, 0.3) is 0 Å². The van der Waals surface area contributed by atoms with Crippen LogP contribution in [0.5, 0.6) is 23.0 Å². The maximum atomic E-state index is 11.3. The Morgan fingerprint density at radius 2 is 1.61 bits per heavy atom. The highest BCUT2D eigenvalue weighted by molar-refractivity contribution is 5.91. The summed E-state index contributed by atoms with van der Waals surface area (Å²) in [6.07, 6.45) is 3.94. The van der Waals surface area contributed by atoms with Crippen molar-refractivity contribution in [3.05, 3.63) is 60.2 Å². The van der Waals surface area contributed by atoms with E-state index in [4.69, 9.17) is 14.2 Å². The van der Waals surface area contributed by atoms with Crippen LogP contribution in [0.3, 0.4) is 0 Å². The first-order chi connectivity index (χ1) is 16.0. The van der Waals surface area contributed by atoms with Gasteiger partial charge in [-0.25, -0.2) is 0 Å². The molecule has 1 aliphatic heterocycles. The summed E-state index contributed by atoms with van der Waals surface area (Å²) in [6, 6.07) is 17.6. The molecule has 0 spiro atoms. The van der Waals surface area contributed by atoms with E-state index in [-0.39, 0.29) is 5.97 Å². The van der Waals surface area contributed by atoms with Gasteiger partial charge in [0, 0.05) is 18.9 Å². The van der Waals surface area contributed by atoms with E-state index in [0.29, 0.717) is 18.3 Å². The number of piperidine rings is 1. The number of ether oxygens (including phenoxy) is 3. The Morgan fingerprint density at radius 3 is 2.30 bits per heavy atom. The number of esters is 1. The molecule has 1 heterocycles. The highest BCUT2D eigenvalue weighted by Gasteiger charge is 2.15. The lowest BCUT2D eigenvalue weighted by Crippen LogP contribution is -2.33. The van der Waals surface area contributed by atoms with Gasteiger partial charge in [-0.3, -0.25) is 9.69 Å². The highest BCUT2D eigenvalue weighted by Crippen LogP contribution is 2.39. The molecule has 5 nitrogen and oxygen atoms in total. The van der Waals surface area contributed by atoms with Crippen molar-refractivity contribution in [2.45, 2.75) is 46.0 Å². The fraction of sp³-hybridized carbons (Fsp3) is 0.393. The molecule has 0 radical (unpaired) electrons. The third-order valence-electron chi connectivity index (χ3n) is 6.02. The van der Waals surface area contributed by atoms with Gasteiger partial charge in [-0.2, -0.15) is 0 Å². The average molecular weight is 448 g/mol. The van der Waals surface area contributed by atoms with Crippen molar-refractivity contribution in [3.63, 3.8) is 0 Å². The van der Waals surface area contributed by atoms with E-state index in [1.54, 1.807) is 6.07 Å². The summed E-state index contributed by atoms with van der Waals surface area (Å²) in [4.78, 5) is 13.8. The van der Waals surface area contributed by atoms with Gasteiger partial charge in [-0.05, 0) is 85.3 Å². The van der Waals surface area contributed by atoms with Crippen molar-refractivity contribution < 1.29 is 19.0 Å². The van der Waals surface area contributed by atoms with Gasteiger partial charge >= 0.3 is 5.97 Å². The molecule has 1 saturated heterocycles. The van der Waals surface area contributed by atoms with Crippen molar-refractivity contribution in [1.82, 2.24) is 4.90 Å². The van der Waals surface area contributed by atoms with Crippen LogP contribution in [0.15, 0.2) is 54.6 Å². The Hall–Kier alpha value is -3.05. The number of carbonyl (C=O) groups excluding carboxylic acids is 1. The summed E-state index contributed by atoms with van der Waals surface area (Å²) in [5.74, 6) is 2.95.